The summed E-state index contributed by atoms with van der Waals surface area (Å²) in [7, 11) is 0. The van der Waals surface area contributed by atoms with Gasteiger partial charge in [0.05, 0.1) is 11.9 Å². The molecule has 1 N–H and O–H groups in total. The largest absolute Gasteiger partial charge is 0.480 e. The van der Waals surface area contributed by atoms with E-state index in [2.05, 4.69) is 5.10 Å². The van der Waals surface area contributed by atoms with Gasteiger partial charge in [-0.3, -0.25) is 9.59 Å². The van der Waals surface area contributed by atoms with Crippen molar-refractivity contribution in [3.63, 3.8) is 0 Å². The molecule has 0 radical (unpaired) electrons. The van der Waals surface area contributed by atoms with Crippen LogP contribution in [0.1, 0.15) is 36.2 Å². The third-order valence-electron chi connectivity index (χ3n) is 3.78. The first kappa shape index (κ1) is 16.7. The first-order valence-electron chi connectivity index (χ1n) is 7.56. The molecule has 6 nitrogen and oxygen atoms in total. The molecule has 2 rings (SSSR count). The van der Waals surface area contributed by atoms with E-state index < -0.39 is 5.97 Å². The van der Waals surface area contributed by atoms with Crippen LogP contribution in [0.2, 0.25) is 0 Å². The third-order valence-corrected chi connectivity index (χ3v) is 3.78. The highest BCUT2D eigenvalue weighted by Crippen LogP contribution is 2.14. The summed E-state index contributed by atoms with van der Waals surface area (Å²) in [6.07, 6.45) is 4.35. The zero-order chi connectivity index (χ0) is 17.0. The van der Waals surface area contributed by atoms with Gasteiger partial charge in [-0.2, -0.15) is 5.10 Å². The van der Waals surface area contributed by atoms with Crippen LogP contribution in [-0.2, 0) is 4.79 Å². The second-order valence-corrected chi connectivity index (χ2v) is 5.59. The molecule has 23 heavy (non-hydrogen) atoms. The SMILES string of the molecule is CCC(C)N(CC(=O)O)C(=O)c1ccc(-n2cc(C)cn2)cc1. The van der Waals surface area contributed by atoms with Crippen molar-refractivity contribution in [2.24, 2.45) is 0 Å². The number of benzene rings is 1. The van der Waals surface area contributed by atoms with E-state index in [-0.39, 0.29) is 18.5 Å². The van der Waals surface area contributed by atoms with E-state index in [9.17, 15) is 9.59 Å². The lowest BCUT2D eigenvalue weighted by molar-refractivity contribution is -0.138. The Morgan fingerprint density at radius 3 is 2.43 bits per heavy atom. The second-order valence-electron chi connectivity index (χ2n) is 5.59. The summed E-state index contributed by atoms with van der Waals surface area (Å²) in [4.78, 5) is 25.0. The molecule has 0 saturated heterocycles. The molecule has 0 bridgehead atoms. The molecule has 1 unspecified atom stereocenters. The molecule has 122 valence electrons. The number of carboxylic acid groups (broad SMARTS) is 1. The molecule has 0 aliphatic rings. The van der Waals surface area contributed by atoms with Crippen molar-refractivity contribution in [1.29, 1.82) is 0 Å². The van der Waals surface area contributed by atoms with Gasteiger partial charge in [-0.15, -0.1) is 0 Å². The van der Waals surface area contributed by atoms with E-state index in [1.54, 1.807) is 35.1 Å². The van der Waals surface area contributed by atoms with Gasteiger partial charge in [0.1, 0.15) is 6.54 Å². The van der Waals surface area contributed by atoms with E-state index in [0.717, 1.165) is 11.3 Å². The first-order chi connectivity index (χ1) is 10.9. The van der Waals surface area contributed by atoms with Crippen molar-refractivity contribution in [2.45, 2.75) is 33.2 Å². The van der Waals surface area contributed by atoms with Gasteiger partial charge >= 0.3 is 5.97 Å². The number of rotatable bonds is 6. The molecule has 1 aromatic carbocycles. The summed E-state index contributed by atoms with van der Waals surface area (Å²) in [5.41, 5.74) is 2.37. The van der Waals surface area contributed by atoms with Crippen LogP contribution in [-0.4, -0.2) is 44.3 Å². The van der Waals surface area contributed by atoms with Crippen molar-refractivity contribution >= 4 is 11.9 Å². The van der Waals surface area contributed by atoms with Crippen LogP contribution in [0.3, 0.4) is 0 Å². The van der Waals surface area contributed by atoms with Gasteiger partial charge in [0.15, 0.2) is 0 Å². The lowest BCUT2D eigenvalue weighted by Gasteiger charge is -2.27. The fraction of sp³-hybridized carbons (Fsp3) is 0.353. The summed E-state index contributed by atoms with van der Waals surface area (Å²) >= 11 is 0. The molecule has 0 spiro atoms. The topological polar surface area (TPSA) is 75.4 Å². The zero-order valence-corrected chi connectivity index (χ0v) is 13.6. The fourth-order valence-electron chi connectivity index (χ4n) is 2.27. The van der Waals surface area contributed by atoms with Crippen molar-refractivity contribution < 1.29 is 14.7 Å². The zero-order valence-electron chi connectivity index (χ0n) is 13.6. The number of hydrogen-bond donors (Lipinski definition) is 1. The average molecular weight is 315 g/mol. The Balaban J connectivity index is 2.22. The van der Waals surface area contributed by atoms with Gasteiger partial charge in [0.2, 0.25) is 0 Å². The Bertz CT molecular complexity index is 691. The lowest BCUT2D eigenvalue weighted by Crippen LogP contribution is -2.41. The van der Waals surface area contributed by atoms with E-state index >= 15 is 0 Å². The summed E-state index contributed by atoms with van der Waals surface area (Å²) in [6, 6.07) is 6.87. The molecule has 1 atom stereocenters. The van der Waals surface area contributed by atoms with Crippen LogP contribution in [0.25, 0.3) is 5.69 Å². The smallest absolute Gasteiger partial charge is 0.323 e. The van der Waals surface area contributed by atoms with E-state index in [4.69, 9.17) is 5.11 Å². The van der Waals surface area contributed by atoms with Gasteiger partial charge in [-0.25, -0.2) is 4.68 Å². The predicted octanol–water partition coefficient (Wildman–Crippen LogP) is 2.51. The molecule has 2 aromatic rings. The third kappa shape index (κ3) is 3.97. The van der Waals surface area contributed by atoms with Gasteiger partial charge in [0, 0.05) is 17.8 Å². The number of hydrogen-bond acceptors (Lipinski definition) is 3. The number of aliphatic carboxylic acids is 1. The maximum atomic E-state index is 12.6. The van der Waals surface area contributed by atoms with Crippen LogP contribution >= 0.6 is 0 Å². The Kier molecular flexibility index (Phi) is 5.16. The van der Waals surface area contributed by atoms with Crippen LogP contribution < -0.4 is 0 Å². The Hall–Kier alpha value is -2.63. The molecule has 1 heterocycles. The molecular formula is C17H21N3O3. The van der Waals surface area contributed by atoms with Gasteiger partial charge in [0.25, 0.3) is 5.91 Å². The van der Waals surface area contributed by atoms with Crippen LogP contribution in [0, 0.1) is 6.92 Å². The highest BCUT2D eigenvalue weighted by molar-refractivity contribution is 5.96. The van der Waals surface area contributed by atoms with E-state index in [1.165, 1.54) is 4.90 Å². The number of carbonyl (C=O) groups is 2. The van der Waals surface area contributed by atoms with E-state index in [0.29, 0.717) is 12.0 Å². The molecule has 1 aromatic heterocycles. The molecule has 0 saturated carbocycles. The number of carbonyl (C=O) groups excluding carboxylic acids is 1. The van der Waals surface area contributed by atoms with Gasteiger partial charge < -0.3 is 10.0 Å². The Morgan fingerprint density at radius 2 is 1.96 bits per heavy atom. The molecule has 6 heteroatoms. The predicted molar refractivity (Wildman–Crippen MR) is 86.7 cm³/mol. The summed E-state index contributed by atoms with van der Waals surface area (Å²) in [5, 5.41) is 13.2. The van der Waals surface area contributed by atoms with Crippen molar-refractivity contribution in [2.75, 3.05) is 6.54 Å². The maximum Gasteiger partial charge on any atom is 0.323 e. The standard InChI is InChI=1S/C17H21N3O3/c1-4-13(3)19(11-16(21)22)17(23)14-5-7-15(8-6-14)20-10-12(2)9-18-20/h5-10,13H,4,11H2,1-3H3,(H,21,22). The number of carboxylic acids is 1. The highest BCUT2D eigenvalue weighted by atomic mass is 16.4. The minimum Gasteiger partial charge on any atom is -0.480 e. The number of aromatic nitrogens is 2. The second kappa shape index (κ2) is 7.09. The van der Waals surface area contributed by atoms with Gasteiger partial charge in [-0.05, 0) is 50.1 Å². The van der Waals surface area contributed by atoms with Crippen LogP contribution in [0.15, 0.2) is 36.7 Å². The van der Waals surface area contributed by atoms with E-state index in [1.807, 2.05) is 27.0 Å². The van der Waals surface area contributed by atoms with Crippen molar-refractivity contribution in [3.05, 3.63) is 47.8 Å². The Morgan fingerprint density at radius 1 is 1.30 bits per heavy atom. The van der Waals surface area contributed by atoms with Crippen molar-refractivity contribution in [3.8, 4) is 5.69 Å². The molecule has 0 aliphatic carbocycles. The summed E-state index contributed by atoms with van der Waals surface area (Å²) < 4.78 is 1.73. The minimum absolute atomic E-state index is 0.132. The Labute approximate surface area is 135 Å². The fourth-order valence-corrected chi connectivity index (χ4v) is 2.27. The number of aryl methyl sites for hydroxylation is 1. The summed E-state index contributed by atoms with van der Waals surface area (Å²) in [6.45, 7) is 5.43. The van der Waals surface area contributed by atoms with Crippen LogP contribution in [0.4, 0.5) is 0 Å². The molecule has 0 aliphatic heterocycles. The monoisotopic (exact) mass is 315 g/mol. The summed E-state index contributed by atoms with van der Waals surface area (Å²) in [5.74, 6) is -1.28. The van der Waals surface area contributed by atoms with Crippen molar-refractivity contribution in [1.82, 2.24) is 14.7 Å². The first-order valence-corrected chi connectivity index (χ1v) is 7.56. The van der Waals surface area contributed by atoms with Crippen LogP contribution in [0.5, 0.6) is 0 Å². The molecule has 0 fully saturated rings. The average Bonchev–Trinajstić information content (AvgIpc) is 2.97. The molecular weight excluding hydrogens is 294 g/mol. The quantitative estimate of drug-likeness (QED) is 0.888. The normalized spacial score (nSPS) is 12.0. The lowest BCUT2D eigenvalue weighted by atomic mass is 10.1. The number of nitrogens with zero attached hydrogens (tertiary/aromatic N) is 3. The highest BCUT2D eigenvalue weighted by Gasteiger charge is 2.22. The van der Waals surface area contributed by atoms with Gasteiger partial charge in [-0.1, -0.05) is 6.92 Å². The maximum absolute atomic E-state index is 12.6. The minimum atomic E-state index is -1.01. The molecule has 1 amide bonds. The number of amides is 1.